The lowest BCUT2D eigenvalue weighted by Gasteiger charge is -2.07. The van der Waals surface area contributed by atoms with Gasteiger partial charge in [-0.3, -0.25) is 0 Å². The number of halogens is 3. The van der Waals surface area contributed by atoms with E-state index in [0.29, 0.717) is 0 Å². The molecular weight excluding hydrogens is 335 g/mol. The van der Waals surface area contributed by atoms with Crippen LogP contribution in [0.2, 0.25) is 0 Å². The van der Waals surface area contributed by atoms with Crippen molar-refractivity contribution in [3.63, 3.8) is 0 Å². The molecule has 0 bridgehead atoms. The number of thioether (sulfide) groups is 1. The average molecular weight is 347 g/mol. The molecule has 1 N–H and O–H groups in total. The minimum absolute atomic E-state index is 0.110. The van der Waals surface area contributed by atoms with Crippen LogP contribution in [-0.2, 0) is 0 Å². The smallest absolute Gasteiger partial charge is 0.197 e. The highest BCUT2D eigenvalue weighted by molar-refractivity contribution is 8.00. The molecule has 0 saturated heterocycles. The SMILES string of the molecule is FC(F)(F)Sc1ccc(-c2ccc(C=Cc3cn[nH]n3)cc2)cc1. The highest BCUT2D eigenvalue weighted by Gasteiger charge is 2.28. The monoisotopic (exact) mass is 347 g/mol. The quantitative estimate of drug-likeness (QED) is 0.655. The first-order valence-electron chi connectivity index (χ1n) is 7.00. The number of hydrogen-bond acceptors (Lipinski definition) is 3. The van der Waals surface area contributed by atoms with E-state index in [9.17, 15) is 13.2 Å². The first-order chi connectivity index (χ1) is 11.5. The first-order valence-corrected chi connectivity index (χ1v) is 7.81. The maximum absolute atomic E-state index is 12.3. The molecule has 0 fully saturated rings. The van der Waals surface area contributed by atoms with Gasteiger partial charge in [0.15, 0.2) is 0 Å². The number of alkyl halides is 3. The molecule has 0 aliphatic rings. The Bertz CT molecular complexity index is 808. The van der Waals surface area contributed by atoms with Crippen molar-refractivity contribution in [1.29, 1.82) is 0 Å². The molecule has 1 heterocycles. The first kappa shape index (κ1) is 16.3. The zero-order chi connectivity index (χ0) is 17.0. The zero-order valence-electron chi connectivity index (χ0n) is 12.3. The molecule has 0 aliphatic carbocycles. The van der Waals surface area contributed by atoms with Gasteiger partial charge in [0.2, 0.25) is 0 Å². The van der Waals surface area contributed by atoms with Gasteiger partial charge in [-0.05, 0) is 46.7 Å². The third-order valence-electron chi connectivity index (χ3n) is 3.21. The molecule has 0 radical (unpaired) electrons. The predicted molar refractivity (Wildman–Crippen MR) is 89.1 cm³/mol. The van der Waals surface area contributed by atoms with Gasteiger partial charge in [0, 0.05) is 4.90 Å². The van der Waals surface area contributed by atoms with Crippen molar-refractivity contribution in [1.82, 2.24) is 15.4 Å². The second-order valence-electron chi connectivity index (χ2n) is 4.92. The molecule has 1 aromatic heterocycles. The molecule has 2 aromatic carbocycles. The summed E-state index contributed by atoms with van der Waals surface area (Å²) in [6.45, 7) is 0. The van der Waals surface area contributed by atoms with Crippen LogP contribution in [0.25, 0.3) is 23.3 Å². The number of benzene rings is 2. The summed E-state index contributed by atoms with van der Waals surface area (Å²) >= 11 is -0.110. The van der Waals surface area contributed by atoms with Gasteiger partial charge in [0.25, 0.3) is 0 Å². The summed E-state index contributed by atoms with van der Waals surface area (Å²) in [5.74, 6) is 0. The number of aromatic nitrogens is 3. The normalized spacial score (nSPS) is 12.0. The van der Waals surface area contributed by atoms with Crippen LogP contribution in [0.4, 0.5) is 13.2 Å². The number of aromatic amines is 1. The summed E-state index contributed by atoms with van der Waals surface area (Å²) in [5.41, 5.74) is -0.729. The van der Waals surface area contributed by atoms with Crippen LogP contribution < -0.4 is 0 Å². The van der Waals surface area contributed by atoms with E-state index in [1.807, 2.05) is 36.4 Å². The van der Waals surface area contributed by atoms with Crippen molar-refractivity contribution in [2.45, 2.75) is 10.4 Å². The summed E-state index contributed by atoms with van der Waals surface area (Å²) in [6.07, 6.45) is 5.36. The lowest BCUT2D eigenvalue weighted by Crippen LogP contribution is -1.98. The Morgan fingerprint density at radius 3 is 2.04 bits per heavy atom. The van der Waals surface area contributed by atoms with E-state index in [1.54, 1.807) is 18.3 Å². The minimum atomic E-state index is -4.26. The molecule has 0 aliphatic heterocycles. The fraction of sp³-hybridized carbons (Fsp3) is 0.0588. The Morgan fingerprint density at radius 2 is 1.50 bits per heavy atom. The zero-order valence-corrected chi connectivity index (χ0v) is 13.1. The van der Waals surface area contributed by atoms with E-state index in [1.165, 1.54) is 12.1 Å². The van der Waals surface area contributed by atoms with Crippen LogP contribution in [0.1, 0.15) is 11.3 Å². The number of hydrogen-bond donors (Lipinski definition) is 1. The lowest BCUT2D eigenvalue weighted by molar-refractivity contribution is -0.0328. The largest absolute Gasteiger partial charge is 0.446 e. The highest BCUT2D eigenvalue weighted by atomic mass is 32.2. The number of nitrogens with zero attached hydrogens (tertiary/aromatic N) is 2. The standard InChI is InChI=1S/C17H12F3N3S/c18-17(19,20)24-16-9-6-14(7-10-16)13-4-1-12(2-5-13)3-8-15-11-21-23-22-15/h1-11H,(H,21,22,23). The van der Waals surface area contributed by atoms with Crippen molar-refractivity contribution < 1.29 is 13.2 Å². The molecule has 0 atom stereocenters. The fourth-order valence-corrected chi connectivity index (χ4v) is 2.65. The topological polar surface area (TPSA) is 41.6 Å². The Balaban J connectivity index is 1.71. The van der Waals surface area contributed by atoms with E-state index < -0.39 is 5.51 Å². The molecule has 7 heteroatoms. The lowest BCUT2D eigenvalue weighted by atomic mass is 10.0. The molecule has 0 unspecified atom stereocenters. The van der Waals surface area contributed by atoms with E-state index in [-0.39, 0.29) is 16.7 Å². The molecule has 0 amide bonds. The third kappa shape index (κ3) is 4.48. The minimum Gasteiger partial charge on any atom is -0.197 e. The van der Waals surface area contributed by atoms with Crippen LogP contribution in [0, 0.1) is 0 Å². The molecule has 24 heavy (non-hydrogen) atoms. The molecule has 122 valence electrons. The molecular formula is C17H12F3N3S. The summed E-state index contributed by atoms with van der Waals surface area (Å²) in [7, 11) is 0. The summed E-state index contributed by atoms with van der Waals surface area (Å²) in [5, 5.41) is 10.2. The van der Waals surface area contributed by atoms with Crippen molar-refractivity contribution in [3.8, 4) is 11.1 Å². The van der Waals surface area contributed by atoms with Crippen molar-refractivity contribution in [2.75, 3.05) is 0 Å². The number of H-pyrrole nitrogens is 1. The molecule has 0 saturated carbocycles. The van der Waals surface area contributed by atoms with Crippen LogP contribution >= 0.6 is 11.8 Å². The highest BCUT2D eigenvalue weighted by Crippen LogP contribution is 2.37. The molecule has 3 aromatic rings. The van der Waals surface area contributed by atoms with Gasteiger partial charge in [-0.1, -0.05) is 42.5 Å². The van der Waals surface area contributed by atoms with Gasteiger partial charge in [0.05, 0.1) is 6.20 Å². The molecule has 3 nitrogen and oxygen atoms in total. The van der Waals surface area contributed by atoms with E-state index >= 15 is 0 Å². The maximum atomic E-state index is 12.3. The van der Waals surface area contributed by atoms with Crippen LogP contribution in [-0.4, -0.2) is 20.9 Å². The van der Waals surface area contributed by atoms with Crippen LogP contribution in [0.15, 0.2) is 59.6 Å². The predicted octanol–water partition coefficient (Wildman–Crippen LogP) is 5.25. The summed E-state index contributed by atoms with van der Waals surface area (Å²) < 4.78 is 37.0. The van der Waals surface area contributed by atoms with Crippen molar-refractivity contribution in [3.05, 3.63) is 66.0 Å². The second kappa shape index (κ2) is 6.92. The third-order valence-corrected chi connectivity index (χ3v) is 3.95. The Labute approximate surface area is 140 Å². The molecule has 0 spiro atoms. The van der Waals surface area contributed by atoms with Gasteiger partial charge in [-0.15, -0.1) is 0 Å². The van der Waals surface area contributed by atoms with E-state index in [4.69, 9.17) is 0 Å². The summed E-state index contributed by atoms with van der Waals surface area (Å²) in [4.78, 5) is 0.179. The van der Waals surface area contributed by atoms with E-state index in [2.05, 4.69) is 15.4 Å². The summed E-state index contributed by atoms with van der Waals surface area (Å²) in [6, 6.07) is 14.1. The van der Waals surface area contributed by atoms with Gasteiger partial charge < -0.3 is 0 Å². The van der Waals surface area contributed by atoms with Gasteiger partial charge in [-0.25, -0.2) is 0 Å². The van der Waals surface area contributed by atoms with Crippen LogP contribution in [0.3, 0.4) is 0 Å². The Hall–Kier alpha value is -2.54. The maximum Gasteiger partial charge on any atom is 0.446 e. The number of nitrogens with one attached hydrogen (secondary N) is 1. The average Bonchev–Trinajstić information content (AvgIpc) is 3.06. The van der Waals surface area contributed by atoms with Gasteiger partial charge in [0.1, 0.15) is 5.69 Å². The van der Waals surface area contributed by atoms with Gasteiger partial charge in [-0.2, -0.15) is 28.6 Å². The van der Waals surface area contributed by atoms with E-state index in [0.717, 1.165) is 22.4 Å². The van der Waals surface area contributed by atoms with Crippen molar-refractivity contribution >= 4 is 23.9 Å². The van der Waals surface area contributed by atoms with Gasteiger partial charge >= 0.3 is 5.51 Å². The van der Waals surface area contributed by atoms with Crippen LogP contribution in [0.5, 0.6) is 0 Å². The second-order valence-corrected chi connectivity index (χ2v) is 6.06. The fourth-order valence-electron chi connectivity index (χ4n) is 2.11. The Morgan fingerprint density at radius 1 is 0.875 bits per heavy atom. The van der Waals surface area contributed by atoms with Crippen molar-refractivity contribution in [2.24, 2.45) is 0 Å². The Kier molecular flexibility index (Phi) is 4.71. The molecule has 3 rings (SSSR count). The number of rotatable bonds is 4.